The highest BCUT2D eigenvalue weighted by atomic mass is 127. The quantitative estimate of drug-likeness (QED) is 0.677. The highest BCUT2D eigenvalue weighted by Gasteiger charge is 2.06. The van der Waals surface area contributed by atoms with Gasteiger partial charge in [0, 0.05) is 26.4 Å². The molecular formula is C14H11ClF2IN. The van der Waals surface area contributed by atoms with Crippen LogP contribution in [-0.2, 0) is 6.54 Å². The van der Waals surface area contributed by atoms with Gasteiger partial charge in [0.15, 0.2) is 0 Å². The van der Waals surface area contributed by atoms with Gasteiger partial charge in [-0.05, 0) is 46.4 Å². The third-order valence-corrected chi connectivity index (χ3v) is 3.77. The van der Waals surface area contributed by atoms with E-state index in [0.29, 0.717) is 11.6 Å². The number of anilines is 1. The summed E-state index contributed by atoms with van der Waals surface area (Å²) >= 11 is 8.07. The average Bonchev–Trinajstić information content (AvgIpc) is 2.38. The largest absolute Gasteiger partial charge is 0.380 e. The molecule has 0 saturated carbocycles. The van der Waals surface area contributed by atoms with E-state index in [1.165, 1.54) is 12.1 Å². The normalized spacial score (nSPS) is 10.8. The van der Waals surface area contributed by atoms with Crippen LogP contribution < -0.4 is 5.32 Å². The smallest absolute Gasteiger partial charge is 0.263 e. The summed E-state index contributed by atoms with van der Waals surface area (Å²) in [5.74, 6) is 0. The Morgan fingerprint density at radius 2 is 1.79 bits per heavy atom. The molecule has 1 nitrogen and oxygen atoms in total. The van der Waals surface area contributed by atoms with Gasteiger partial charge < -0.3 is 5.32 Å². The van der Waals surface area contributed by atoms with Crippen LogP contribution in [0, 0.1) is 3.57 Å². The summed E-state index contributed by atoms with van der Waals surface area (Å²) in [5, 5.41) is 3.94. The van der Waals surface area contributed by atoms with Crippen molar-refractivity contribution in [1.29, 1.82) is 0 Å². The summed E-state index contributed by atoms with van der Waals surface area (Å²) in [5.41, 5.74) is 1.97. The Bertz CT molecular complexity index is 558. The average molecular weight is 394 g/mol. The zero-order valence-corrected chi connectivity index (χ0v) is 12.8. The molecule has 0 radical (unpaired) electrons. The topological polar surface area (TPSA) is 12.0 Å². The molecule has 0 atom stereocenters. The third-order valence-electron chi connectivity index (χ3n) is 2.65. The van der Waals surface area contributed by atoms with Crippen molar-refractivity contribution in [2.45, 2.75) is 13.0 Å². The van der Waals surface area contributed by atoms with Crippen molar-refractivity contribution in [3.05, 3.63) is 62.2 Å². The monoisotopic (exact) mass is 393 g/mol. The predicted octanol–water partition coefficient (Wildman–Crippen LogP) is 5.49. The number of hydrogen-bond donors (Lipinski definition) is 1. The molecule has 0 bridgehead atoms. The van der Waals surface area contributed by atoms with Crippen molar-refractivity contribution in [2.24, 2.45) is 0 Å². The zero-order chi connectivity index (χ0) is 13.8. The van der Waals surface area contributed by atoms with Crippen LogP contribution in [0.1, 0.15) is 17.6 Å². The van der Waals surface area contributed by atoms with Gasteiger partial charge in [0.2, 0.25) is 0 Å². The summed E-state index contributed by atoms with van der Waals surface area (Å²) < 4.78 is 25.8. The van der Waals surface area contributed by atoms with Gasteiger partial charge in [-0.15, -0.1) is 0 Å². The molecule has 5 heteroatoms. The maximum Gasteiger partial charge on any atom is 0.263 e. The van der Waals surface area contributed by atoms with Crippen LogP contribution in [0.3, 0.4) is 0 Å². The van der Waals surface area contributed by atoms with Gasteiger partial charge in [-0.2, -0.15) is 0 Å². The number of rotatable bonds is 4. The van der Waals surface area contributed by atoms with E-state index >= 15 is 0 Å². The zero-order valence-electron chi connectivity index (χ0n) is 9.84. The number of nitrogens with one attached hydrogen (secondary N) is 1. The van der Waals surface area contributed by atoms with E-state index in [1.807, 2.05) is 18.2 Å². The molecule has 0 fully saturated rings. The summed E-state index contributed by atoms with van der Waals surface area (Å²) in [6.07, 6.45) is -2.42. The van der Waals surface area contributed by atoms with E-state index in [0.717, 1.165) is 14.8 Å². The molecule has 0 aromatic heterocycles. The Morgan fingerprint density at radius 1 is 1.11 bits per heavy atom. The third kappa shape index (κ3) is 4.04. The Hall–Kier alpha value is -0.880. The minimum absolute atomic E-state index is 0.0461. The minimum Gasteiger partial charge on any atom is -0.380 e. The Labute approximate surface area is 129 Å². The molecule has 0 unspecified atom stereocenters. The van der Waals surface area contributed by atoms with Crippen LogP contribution in [0.2, 0.25) is 5.02 Å². The summed E-state index contributed by atoms with van der Waals surface area (Å²) in [7, 11) is 0. The first-order valence-corrected chi connectivity index (χ1v) is 7.08. The second kappa shape index (κ2) is 6.52. The van der Waals surface area contributed by atoms with E-state index in [9.17, 15) is 8.78 Å². The fourth-order valence-electron chi connectivity index (χ4n) is 1.61. The lowest BCUT2D eigenvalue weighted by atomic mass is 10.1. The van der Waals surface area contributed by atoms with Crippen LogP contribution in [0.25, 0.3) is 0 Å². The van der Waals surface area contributed by atoms with E-state index in [1.54, 1.807) is 12.1 Å². The molecule has 100 valence electrons. The molecule has 0 heterocycles. The van der Waals surface area contributed by atoms with Gasteiger partial charge >= 0.3 is 0 Å². The van der Waals surface area contributed by atoms with Crippen LogP contribution in [0.5, 0.6) is 0 Å². The van der Waals surface area contributed by atoms with Gasteiger partial charge in [0.25, 0.3) is 6.43 Å². The second-order valence-electron chi connectivity index (χ2n) is 4.02. The van der Waals surface area contributed by atoms with E-state index < -0.39 is 6.43 Å². The first-order valence-electron chi connectivity index (χ1n) is 5.62. The maximum atomic E-state index is 12.4. The van der Waals surface area contributed by atoms with Crippen molar-refractivity contribution >= 4 is 39.9 Å². The Kier molecular flexibility index (Phi) is 4.99. The molecule has 0 aliphatic heterocycles. The molecule has 19 heavy (non-hydrogen) atoms. The van der Waals surface area contributed by atoms with Gasteiger partial charge in [-0.1, -0.05) is 35.9 Å². The summed E-state index contributed by atoms with van der Waals surface area (Å²) in [4.78, 5) is 0. The first-order chi connectivity index (χ1) is 9.06. The van der Waals surface area contributed by atoms with Crippen molar-refractivity contribution in [2.75, 3.05) is 5.32 Å². The van der Waals surface area contributed by atoms with Gasteiger partial charge in [0.05, 0.1) is 0 Å². The Balaban J connectivity index is 2.02. The number of halogens is 4. The summed E-state index contributed by atoms with van der Waals surface area (Å²) in [6.45, 7) is 0.584. The van der Waals surface area contributed by atoms with Gasteiger partial charge in [0.1, 0.15) is 0 Å². The molecule has 0 aliphatic rings. The fraction of sp³-hybridized carbons (Fsp3) is 0.143. The second-order valence-corrected chi connectivity index (χ2v) is 5.62. The van der Waals surface area contributed by atoms with Crippen LogP contribution >= 0.6 is 34.2 Å². The molecule has 2 rings (SSSR count). The minimum atomic E-state index is -2.42. The Morgan fingerprint density at radius 3 is 2.37 bits per heavy atom. The lowest BCUT2D eigenvalue weighted by molar-refractivity contribution is 0.151. The fourth-order valence-corrected chi connectivity index (χ4v) is 2.67. The van der Waals surface area contributed by atoms with Crippen molar-refractivity contribution in [3.63, 3.8) is 0 Å². The van der Waals surface area contributed by atoms with Crippen LogP contribution in [-0.4, -0.2) is 0 Å². The molecule has 0 spiro atoms. The molecule has 0 saturated heterocycles. The number of hydrogen-bond acceptors (Lipinski definition) is 1. The van der Waals surface area contributed by atoms with E-state index in [2.05, 4.69) is 27.9 Å². The first kappa shape index (κ1) is 14.5. The highest BCUT2D eigenvalue weighted by molar-refractivity contribution is 14.1. The maximum absolute atomic E-state index is 12.4. The lowest BCUT2D eigenvalue weighted by Gasteiger charge is -2.09. The SMILES string of the molecule is FC(F)c1ccc(CNc2ccc(Cl)cc2I)cc1. The lowest BCUT2D eigenvalue weighted by Crippen LogP contribution is -2.01. The molecular weight excluding hydrogens is 383 g/mol. The predicted molar refractivity (Wildman–Crippen MR) is 82.9 cm³/mol. The number of benzene rings is 2. The molecule has 2 aromatic rings. The summed E-state index contributed by atoms with van der Waals surface area (Å²) in [6, 6.07) is 11.9. The van der Waals surface area contributed by atoms with Gasteiger partial charge in [-0.3, -0.25) is 0 Å². The van der Waals surface area contributed by atoms with Gasteiger partial charge in [-0.25, -0.2) is 8.78 Å². The highest BCUT2D eigenvalue weighted by Crippen LogP contribution is 2.23. The molecule has 1 N–H and O–H groups in total. The van der Waals surface area contributed by atoms with E-state index in [-0.39, 0.29) is 5.56 Å². The standard InChI is InChI=1S/C14H11ClF2IN/c15-11-5-6-13(12(18)7-11)19-8-9-1-3-10(4-2-9)14(16)17/h1-7,14,19H,8H2. The molecule has 0 aliphatic carbocycles. The molecule has 0 amide bonds. The van der Waals surface area contributed by atoms with E-state index in [4.69, 9.17) is 11.6 Å². The van der Waals surface area contributed by atoms with Crippen molar-refractivity contribution in [1.82, 2.24) is 0 Å². The van der Waals surface area contributed by atoms with Crippen LogP contribution in [0.15, 0.2) is 42.5 Å². The van der Waals surface area contributed by atoms with Crippen LogP contribution in [0.4, 0.5) is 14.5 Å². The van der Waals surface area contributed by atoms with Crippen molar-refractivity contribution < 1.29 is 8.78 Å². The number of alkyl halides is 2. The molecule has 2 aromatic carbocycles. The van der Waals surface area contributed by atoms with Crippen molar-refractivity contribution in [3.8, 4) is 0 Å².